The standard InChI is InChI=1S/C9H14O/c1-9(3-2-4-9)8-5-7(8)6-10/h6-8H,2-5H2,1H3/t7-,8+/m1/s1. The third-order valence-corrected chi connectivity index (χ3v) is 3.41. The first kappa shape index (κ1) is 6.38. The molecule has 2 aliphatic carbocycles. The maximum Gasteiger partial charge on any atom is 0.123 e. The minimum absolute atomic E-state index is 0.435. The van der Waals surface area contributed by atoms with Gasteiger partial charge in [-0.25, -0.2) is 0 Å². The van der Waals surface area contributed by atoms with E-state index in [2.05, 4.69) is 6.92 Å². The quantitative estimate of drug-likeness (QED) is 0.533. The van der Waals surface area contributed by atoms with Crippen molar-refractivity contribution >= 4 is 6.29 Å². The van der Waals surface area contributed by atoms with Gasteiger partial charge in [-0.3, -0.25) is 0 Å². The molecular weight excluding hydrogens is 124 g/mol. The summed E-state index contributed by atoms with van der Waals surface area (Å²) in [5, 5.41) is 0. The van der Waals surface area contributed by atoms with Crippen molar-refractivity contribution in [3.63, 3.8) is 0 Å². The molecule has 0 spiro atoms. The van der Waals surface area contributed by atoms with E-state index in [1.54, 1.807) is 0 Å². The van der Waals surface area contributed by atoms with Crippen molar-refractivity contribution in [3.05, 3.63) is 0 Å². The fourth-order valence-electron chi connectivity index (χ4n) is 2.27. The highest BCUT2D eigenvalue weighted by Crippen LogP contribution is 2.59. The Balaban J connectivity index is 1.95. The number of hydrogen-bond donors (Lipinski definition) is 0. The van der Waals surface area contributed by atoms with Crippen molar-refractivity contribution in [2.45, 2.75) is 32.6 Å². The molecule has 2 fully saturated rings. The molecule has 2 rings (SSSR count). The lowest BCUT2D eigenvalue weighted by Crippen LogP contribution is -2.28. The van der Waals surface area contributed by atoms with Crippen LogP contribution in [0.1, 0.15) is 32.6 Å². The number of rotatable bonds is 2. The average molecular weight is 138 g/mol. The second-order valence-corrected chi connectivity index (χ2v) is 4.15. The second kappa shape index (κ2) is 1.84. The summed E-state index contributed by atoms with van der Waals surface area (Å²) >= 11 is 0. The van der Waals surface area contributed by atoms with Crippen molar-refractivity contribution < 1.29 is 4.79 Å². The molecular formula is C9H14O. The highest BCUT2D eigenvalue weighted by atomic mass is 16.1. The highest BCUT2D eigenvalue weighted by Gasteiger charge is 2.52. The Hall–Kier alpha value is -0.330. The van der Waals surface area contributed by atoms with Gasteiger partial charge in [0.15, 0.2) is 0 Å². The van der Waals surface area contributed by atoms with Crippen LogP contribution < -0.4 is 0 Å². The van der Waals surface area contributed by atoms with Gasteiger partial charge in [0, 0.05) is 5.92 Å². The van der Waals surface area contributed by atoms with Crippen LogP contribution in [0.3, 0.4) is 0 Å². The van der Waals surface area contributed by atoms with E-state index >= 15 is 0 Å². The summed E-state index contributed by atoms with van der Waals surface area (Å²) in [6.07, 6.45) is 6.44. The molecule has 0 aromatic heterocycles. The van der Waals surface area contributed by atoms with Crippen molar-refractivity contribution in [3.8, 4) is 0 Å². The minimum Gasteiger partial charge on any atom is -0.303 e. The van der Waals surface area contributed by atoms with Crippen LogP contribution >= 0.6 is 0 Å². The van der Waals surface area contributed by atoms with Crippen molar-refractivity contribution in [2.75, 3.05) is 0 Å². The summed E-state index contributed by atoms with van der Waals surface area (Å²) < 4.78 is 0. The monoisotopic (exact) mass is 138 g/mol. The summed E-state index contributed by atoms with van der Waals surface area (Å²) in [5.41, 5.74) is 0.575. The molecule has 0 unspecified atom stereocenters. The van der Waals surface area contributed by atoms with Gasteiger partial charge in [0.05, 0.1) is 0 Å². The van der Waals surface area contributed by atoms with E-state index in [0.717, 1.165) is 12.2 Å². The third kappa shape index (κ3) is 0.727. The van der Waals surface area contributed by atoms with Gasteiger partial charge >= 0.3 is 0 Å². The lowest BCUT2D eigenvalue weighted by Gasteiger charge is -2.39. The molecule has 0 heterocycles. The Morgan fingerprint density at radius 2 is 2.20 bits per heavy atom. The molecule has 0 amide bonds. The van der Waals surface area contributed by atoms with Crippen LogP contribution in [-0.2, 0) is 4.79 Å². The van der Waals surface area contributed by atoms with Crippen molar-refractivity contribution in [1.29, 1.82) is 0 Å². The zero-order valence-electron chi connectivity index (χ0n) is 6.47. The summed E-state index contributed by atoms with van der Waals surface area (Å²) in [5.74, 6) is 1.20. The van der Waals surface area contributed by atoms with E-state index in [-0.39, 0.29) is 0 Å². The molecule has 0 aliphatic heterocycles. The first-order valence-electron chi connectivity index (χ1n) is 4.21. The lowest BCUT2D eigenvalue weighted by molar-refractivity contribution is -0.109. The van der Waals surface area contributed by atoms with Gasteiger partial charge < -0.3 is 4.79 Å². The molecule has 0 saturated heterocycles. The minimum atomic E-state index is 0.435. The first-order chi connectivity index (χ1) is 4.76. The van der Waals surface area contributed by atoms with Crippen LogP contribution in [0.15, 0.2) is 0 Å². The van der Waals surface area contributed by atoms with E-state index in [1.165, 1.54) is 25.7 Å². The van der Waals surface area contributed by atoms with E-state index in [9.17, 15) is 4.79 Å². The van der Waals surface area contributed by atoms with E-state index in [1.807, 2.05) is 0 Å². The maximum absolute atomic E-state index is 10.4. The Bertz CT molecular complexity index is 158. The van der Waals surface area contributed by atoms with Gasteiger partial charge in [0.25, 0.3) is 0 Å². The van der Waals surface area contributed by atoms with Gasteiger partial charge in [-0.05, 0) is 30.6 Å². The SMILES string of the molecule is CC1([C@H]2C[C@@H]2C=O)CCC1. The molecule has 1 heteroatoms. The van der Waals surface area contributed by atoms with Gasteiger partial charge in [-0.15, -0.1) is 0 Å². The molecule has 2 atom stereocenters. The molecule has 1 nitrogen and oxygen atoms in total. The fourth-order valence-corrected chi connectivity index (χ4v) is 2.27. The average Bonchev–Trinajstić information content (AvgIpc) is 2.61. The zero-order chi connectivity index (χ0) is 7.19. The first-order valence-corrected chi connectivity index (χ1v) is 4.21. The summed E-state index contributed by atoms with van der Waals surface area (Å²) in [7, 11) is 0. The lowest BCUT2D eigenvalue weighted by atomic mass is 9.66. The topological polar surface area (TPSA) is 17.1 Å². The van der Waals surface area contributed by atoms with Crippen LogP contribution in [0.4, 0.5) is 0 Å². The molecule has 2 aliphatic rings. The normalized spacial score (nSPS) is 42.1. The Kier molecular flexibility index (Phi) is 1.17. The van der Waals surface area contributed by atoms with Gasteiger partial charge in [-0.2, -0.15) is 0 Å². The Morgan fingerprint density at radius 1 is 1.50 bits per heavy atom. The summed E-state index contributed by atoms with van der Waals surface area (Å²) in [6.45, 7) is 2.34. The van der Waals surface area contributed by atoms with E-state index < -0.39 is 0 Å². The van der Waals surface area contributed by atoms with Crippen LogP contribution in [0.25, 0.3) is 0 Å². The Morgan fingerprint density at radius 3 is 2.50 bits per heavy atom. The maximum atomic E-state index is 10.4. The van der Waals surface area contributed by atoms with Crippen molar-refractivity contribution in [2.24, 2.45) is 17.3 Å². The largest absolute Gasteiger partial charge is 0.303 e. The molecule has 0 aromatic carbocycles. The molecule has 0 bridgehead atoms. The summed E-state index contributed by atoms with van der Waals surface area (Å²) in [6, 6.07) is 0. The molecule has 56 valence electrons. The van der Waals surface area contributed by atoms with E-state index in [0.29, 0.717) is 11.3 Å². The number of hydrogen-bond acceptors (Lipinski definition) is 1. The van der Waals surface area contributed by atoms with Crippen LogP contribution in [0.5, 0.6) is 0 Å². The van der Waals surface area contributed by atoms with Gasteiger partial charge in [0.1, 0.15) is 6.29 Å². The zero-order valence-corrected chi connectivity index (χ0v) is 6.47. The second-order valence-electron chi connectivity index (χ2n) is 4.15. The van der Waals surface area contributed by atoms with Gasteiger partial charge in [-0.1, -0.05) is 13.3 Å². The molecule has 0 radical (unpaired) electrons. The molecule has 10 heavy (non-hydrogen) atoms. The third-order valence-electron chi connectivity index (χ3n) is 3.41. The predicted molar refractivity (Wildman–Crippen MR) is 39.6 cm³/mol. The molecule has 0 N–H and O–H groups in total. The van der Waals surface area contributed by atoms with Crippen LogP contribution in [-0.4, -0.2) is 6.29 Å². The smallest absolute Gasteiger partial charge is 0.123 e. The highest BCUT2D eigenvalue weighted by molar-refractivity contribution is 5.58. The Labute approximate surface area is 61.8 Å². The predicted octanol–water partition coefficient (Wildman–Crippen LogP) is 2.01. The van der Waals surface area contributed by atoms with Crippen LogP contribution in [0.2, 0.25) is 0 Å². The van der Waals surface area contributed by atoms with E-state index in [4.69, 9.17) is 0 Å². The molecule has 2 saturated carbocycles. The van der Waals surface area contributed by atoms with Crippen molar-refractivity contribution in [1.82, 2.24) is 0 Å². The fraction of sp³-hybridized carbons (Fsp3) is 0.889. The summed E-state index contributed by atoms with van der Waals surface area (Å²) in [4.78, 5) is 10.4. The van der Waals surface area contributed by atoms with Crippen LogP contribution in [0, 0.1) is 17.3 Å². The number of aldehydes is 1. The molecule has 0 aromatic rings. The number of carbonyl (C=O) groups is 1. The van der Waals surface area contributed by atoms with Gasteiger partial charge in [0.2, 0.25) is 0 Å². The number of carbonyl (C=O) groups excluding carboxylic acids is 1.